The molecule has 6 nitrogen and oxygen atoms in total. The van der Waals surface area contributed by atoms with Crippen molar-refractivity contribution in [1.29, 1.82) is 0 Å². The van der Waals surface area contributed by atoms with Crippen LogP contribution in [0.1, 0.15) is 25.0 Å². The van der Waals surface area contributed by atoms with Crippen LogP contribution in [-0.4, -0.2) is 79.2 Å². The molecule has 0 heterocycles. The minimum Gasteiger partial charge on any atom is -0.876 e. The number of carbonyl (C=O) groups is 1. The maximum Gasteiger partial charge on any atom is 2.00 e. The number of likely N-dealkylation sites (N-methyl/N-ethyl adjacent to an activating group) is 2. The van der Waals surface area contributed by atoms with Gasteiger partial charge >= 0.3 is 16.5 Å². The predicted octanol–water partition coefficient (Wildman–Crippen LogP) is 4.73. The van der Waals surface area contributed by atoms with Crippen LogP contribution in [0.15, 0.2) is 40.8 Å². The van der Waals surface area contributed by atoms with Crippen molar-refractivity contribution in [2.24, 2.45) is 4.66 Å². The molecule has 0 radical (unpaired) electrons. The molecule has 0 amide bonds. The first-order valence-electron chi connectivity index (χ1n) is 11.4. The van der Waals surface area contributed by atoms with Crippen LogP contribution >= 0.6 is 0 Å². The standard InChI is InChI=1S/C14H25N2Si2.C6H16N2.C5H8O2.Ni/c1-12-8-10-13(11-9-12)14(15-17(2,3)4)16-18(5,6)7;1-7(2)5-6-8(3)4;1-4(6)3-5(2)7;/h8-11H,1-7H3;5-6H2,1-4H3;3,6H,1-2H3;/q-1;;;+2/p-1/b;;4-3-;. The molecule has 0 saturated heterocycles. The molecule has 0 aliphatic carbocycles. The van der Waals surface area contributed by atoms with Crippen LogP contribution in [0, 0.1) is 6.92 Å². The van der Waals surface area contributed by atoms with Gasteiger partial charge in [-0.2, -0.15) is 0 Å². The van der Waals surface area contributed by atoms with Crippen molar-refractivity contribution in [2.45, 2.75) is 60.1 Å². The topological polar surface area (TPSA) is 73.1 Å². The fraction of sp³-hybridized carbons (Fsp3) is 0.600. The summed E-state index contributed by atoms with van der Waals surface area (Å²) in [5.74, 6) is 0.591. The monoisotopic (exact) mass is 550 g/mol. The molecule has 0 bridgehead atoms. The van der Waals surface area contributed by atoms with E-state index < -0.39 is 16.5 Å². The SMILES string of the molecule is CC(=O)/C=C(/C)[O-].CN(C)CCN(C)C.Cc1ccc(/C(=N\[Si](C)(C)C)[N-][Si](C)(C)C)cc1.[Ni+2]. The molecule has 1 aromatic carbocycles. The summed E-state index contributed by atoms with van der Waals surface area (Å²) >= 11 is 0. The Morgan fingerprint density at radius 2 is 1.35 bits per heavy atom. The molecule has 34 heavy (non-hydrogen) atoms. The summed E-state index contributed by atoms with van der Waals surface area (Å²) < 4.78 is 4.92. The number of carbonyl (C=O) groups excluding carboxylic acids is 1. The third-order valence-corrected chi connectivity index (χ3v) is 5.36. The Hall–Kier alpha value is -1.25. The first kappa shape index (κ1) is 37.3. The third kappa shape index (κ3) is 27.0. The number of ketones is 1. The summed E-state index contributed by atoms with van der Waals surface area (Å²) in [7, 11) is 5.35. The summed E-state index contributed by atoms with van der Waals surface area (Å²) in [6.07, 6.45) is 1.06. The van der Waals surface area contributed by atoms with Crippen LogP contribution in [0.2, 0.25) is 39.3 Å². The molecule has 0 fully saturated rings. The number of aryl methyl sites for hydroxylation is 1. The van der Waals surface area contributed by atoms with Crippen LogP contribution in [0.3, 0.4) is 0 Å². The molecule has 1 rings (SSSR count). The first-order valence-corrected chi connectivity index (χ1v) is 18.3. The molecule has 9 heteroatoms. The van der Waals surface area contributed by atoms with E-state index in [2.05, 4.69) is 108 Å². The molecule has 0 aliphatic heterocycles. The van der Waals surface area contributed by atoms with Crippen molar-refractivity contribution >= 4 is 28.1 Å². The fourth-order valence-electron chi connectivity index (χ4n) is 2.18. The van der Waals surface area contributed by atoms with Crippen LogP contribution in [0.25, 0.3) is 4.98 Å². The molecule has 0 N–H and O–H groups in total. The van der Waals surface area contributed by atoms with E-state index in [1.54, 1.807) is 0 Å². The van der Waals surface area contributed by atoms with Gasteiger partial charge in [0.25, 0.3) is 0 Å². The molecular formula is C25H48N4NiO2Si2. The molecule has 1 aromatic rings. The van der Waals surface area contributed by atoms with Gasteiger partial charge in [0.1, 0.15) is 0 Å². The van der Waals surface area contributed by atoms with Gasteiger partial charge in [-0.25, -0.2) is 0 Å². The van der Waals surface area contributed by atoms with E-state index in [9.17, 15) is 9.90 Å². The average molecular weight is 552 g/mol. The van der Waals surface area contributed by atoms with E-state index in [1.807, 2.05) is 0 Å². The number of benzene rings is 1. The van der Waals surface area contributed by atoms with E-state index in [0.29, 0.717) is 0 Å². The Morgan fingerprint density at radius 1 is 0.941 bits per heavy atom. The Labute approximate surface area is 222 Å². The number of hydrogen-bond donors (Lipinski definition) is 0. The Bertz CT molecular complexity index is 740. The van der Waals surface area contributed by atoms with Gasteiger partial charge in [-0.1, -0.05) is 81.9 Å². The first-order chi connectivity index (χ1) is 14.8. The zero-order valence-corrected chi connectivity index (χ0v) is 26.7. The third-order valence-electron chi connectivity index (χ3n) is 3.59. The van der Waals surface area contributed by atoms with Crippen molar-refractivity contribution in [1.82, 2.24) is 9.80 Å². The number of allylic oxidation sites excluding steroid dienone is 2. The molecule has 0 aromatic heterocycles. The minimum absolute atomic E-state index is 0. The zero-order chi connectivity index (χ0) is 26.4. The van der Waals surface area contributed by atoms with E-state index in [1.165, 1.54) is 19.4 Å². The summed E-state index contributed by atoms with van der Waals surface area (Å²) in [6.45, 7) is 20.6. The molecule has 0 aliphatic rings. The normalized spacial score (nSPS) is 12.2. The van der Waals surface area contributed by atoms with Gasteiger partial charge in [0.05, 0.1) is 0 Å². The number of hydrogen-bond acceptors (Lipinski definition) is 5. The molecule has 0 spiro atoms. The van der Waals surface area contributed by atoms with Crippen molar-refractivity contribution in [2.75, 3.05) is 41.3 Å². The predicted molar refractivity (Wildman–Crippen MR) is 149 cm³/mol. The smallest absolute Gasteiger partial charge is 0.876 e. The maximum atomic E-state index is 9.98. The number of rotatable bonds is 7. The summed E-state index contributed by atoms with van der Waals surface area (Å²) in [6, 6.07) is 8.54. The second-order valence-corrected chi connectivity index (χ2v) is 19.9. The molecule has 0 atom stereocenters. The maximum absolute atomic E-state index is 9.98. The second kappa shape index (κ2) is 18.1. The molecule has 0 unspecified atom stereocenters. The van der Waals surface area contributed by atoms with Crippen molar-refractivity contribution in [3.63, 3.8) is 0 Å². The van der Waals surface area contributed by atoms with E-state index in [-0.39, 0.29) is 28.0 Å². The van der Waals surface area contributed by atoms with Gasteiger partial charge in [0, 0.05) is 29.6 Å². The van der Waals surface area contributed by atoms with Crippen LogP contribution in [0.5, 0.6) is 0 Å². The Balaban J connectivity index is -0.000000501. The van der Waals surface area contributed by atoms with Crippen LogP contribution in [-0.2, 0) is 21.3 Å². The largest absolute Gasteiger partial charge is 2.00 e. The number of nitrogens with zero attached hydrogens (tertiary/aromatic N) is 4. The van der Waals surface area contributed by atoms with E-state index in [0.717, 1.165) is 30.6 Å². The summed E-state index contributed by atoms with van der Waals surface area (Å²) in [5, 5.41) is 9.98. The number of amidine groups is 1. The second-order valence-electron chi connectivity index (χ2n) is 10.7. The molecule has 198 valence electrons. The van der Waals surface area contributed by atoms with Crippen molar-refractivity contribution in [3.05, 3.63) is 52.2 Å². The van der Waals surface area contributed by atoms with Crippen LogP contribution < -0.4 is 5.11 Å². The average Bonchev–Trinajstić information content (AvgIpc) is 2.57. The van der Waals surface area contributed by atoms with Gasteiger partial charge in [-0.3, -0.25) is 4.79 Å². The Morgan fingerprint density at radius 3 is 1.59 bits per heavy atom. The van der Waals surface area contributed by atoms with E-state index >= 15 is 0 Å². The fourth-order valence-corrected chi connectivity index (χ4v) is 3.91. The van der Waals surface area contributed by atoms with E-state index in [4.69, 9.17) is 9.64 Å². The van der Waals surface area contributed by atoms with Gasteiger partial charge in [0.15, 0.2) is 5.78 Å². The van der Waals surface area contributed by atoms with Crippen molar-refractivity contribution in [3.8, 4) is 0 Å². The van der Waals surface area contributed by atoms with Gasteiger partial charge in [-0.15, -0.1) is 5.76 Å². The van der Waals surface area contributed by atoms with Crippen LogP contribution in [0.4, 0.5) is 0 Å². The molecular weight excluding hydrogens is 503 g/mol. The summed E-state index contributed by atoms with van der Waals surface area (Å²) in [5.41, 5.74) is 2.43. The zero-order valence-electron chi connectivity index (χ0n) is 23.7. The van der Waals surface area contributed by atoms with Gasteiger partial charge in [0.2, 0.25) is 0 Å². The quantitative estimate of drug-likeness (QED) is 0.162. The summed E-state index contributed by atoms with van der Waals surface area (Å²) in [4.78, 5) is 19.3. The van der Waals surface area contributed by atoms with Gasteiger partial charge in [-0.05, 0) is 53.7 Å². The van der Waals surface area contributed by atoms with Gasteiger partial charge < -0.3 is 24.5 Å². The minimum atomic E-state index is -1.50. The molecule has 0 saturated carbocycles. The Kier molecular flexibility index (Phi) is 19.8. The van der Waals surface area contributed by atoms with Crippen molar-refractivity contribution < 1.29 is 26.4 Å².